The highest BCUT2D eigenvalue weighted by molar-refractivity contribution is 7.89. The number of rotatable bonds is 7. The first kappa shape index (κ1) is 16.6. The Morgan fingerprint density at radius 1 is 1.25 bits per heavy atom. The van der Waals surface area contributed by atoms with Crippen molar-refractivity contribution in [3.05, 3.63) is 24.3 Å². The van der Waals surface area contributed by atoms with Crippen LogP contribution in [0.15, 0.2) is 29.2 Å². The van der Waals surface area contributed by atoms with Crippen molar-refractivity contribution in [3.8, 4) is 0 Å². The Balaban J connectivity index is 2.70. The van der Waals surface area contributed by atoms with Crippen LogP contribution >= 0.6 is 0 Å². The van der Waals surface area contributed by atoms with E-state index in [1.165, 1.54) is 19.1 Å². The Hall–Kier alpha value is -1.44. The summed E-state index contributed by atoms with van der Waals surface area (Å²) >= 11 is 0. The summed E-state index contributed by atoms with van der Waals surface area (Å²) in [7, 11) is -3.52. The fourth-order valence-electron chi connectivity index (χ4n) is 1.66. The molecule has 0 saturated carbocycles. The number of amides is 1. The summed E-state index contributed by atoms with van der Waals surface area (Å²) in [6, 6.07) is 6.11. The predicted octanol–water partition coefficient (Wildman–Crippen LogP) is 0.921. The Labute approximate surface area is 120 Å². The van der Waals surface area contributed by atoms with Crippen molar-refractivity contribution in [3.63, 3.8) is 0 Å². The van der Waals surface area contributed by atoms with Gasteiger partial charge in [0, 0.05) is 25.2 Å². The molecule has 20 heavy (non-hydrogen) atoms. The zero-order chi connectivity index (χ0) is 15.2. The highest BCUT2D eigenvalue weighted by Crippen LogP contribution is 2.13. The standard InChI is InChI=1S/C13H21N3O3S/c1-4-14-10(2)9-15-20(18,19)13-7-5-12(6-8-13)16-11(3)17/h5-8,10,14-15H,4,9H2,1-3H3,(H,16,17)/t10-/m1/s1. The third-order valence-corrected chi connectivity index (χ3v) is 4.06. The van der Waals surface area contributed by atoms with Crippen molar-refractivity contribution >= 4 is 21.6 Å². The van der Waals surface area contributed by atoms with Gasteiger partial charge in [-0.2, -0.15) is 0 Å². The summed E-state index contributed by atoms with van der Waals surface area (Å²) in [4.78, 5) is 11.1. The molecule has 0 bridgehead atoms. The van der Waals surface area contributed by atoms with Gasteiger partial charge in [-0.05, 0) is 37.7 Å². The normalized spacial score (nSPS) is 12.9. The number of hydrogen-bond acceptors (Lipinski definition) is 4. The second kappa shape index (κ2) is 7.37. The minimum Gasteiger partial charge on any atom is -0.326 e. The van der Waals surface area contributed by atoms with Gasteiger partial charge < -0.3 is 10.6 Å². The van der Waals surface area contributed by atoms with E-state index in [0.29, 0.717) is 12.2 Å². The molecule has 1 aromatic carbocycles. The SMILES string of the molecule is CCN[C@H](C)CNS(=O)(=O)c1ccc(NC(C)=O)cc1. The van der Waals surface area contributed by atoms with Crippen LogP contribution in [0.25, 0.3) is 0 Å². The van der Waals surface area contributed by atoms with Crippen LogP contribution in [-0.2, 0) is 14.8 Å². The molecule has 0 aliphatic carbocycles. The number of anilines is 1. The van der Waals surface area contributed by atoms with E-state index in [-0.39, 0.29) is 16.8 Å². The minimum atomic E-state index is -3.52. The Kier molecular flexibility index (Phi) is 6.12. The zero-order valence-corrected chi connectivity index (χ0v) is 12.8. The summed E-state index contributed by atoms with van der Waals surface area (Å²) in [6.45, 7) is 6.38. The Morgan fingerprint density at radius 3 is 2.35 bits per heavy atom. The molecule has 0 aliphatic heterocycles. The van der Waals surface area contributed by atoms with E-state index in [9.17, 15) is 13.2 Å². The number of hydrogen-bond donors (Lipinski definition) is 3. The van der Waals surface area contributed by atoms with Crippen molar-refractivity contribution < 1.29 is 13.2 Å². The molecule has 112 valence electrons. The maximum Gasteiger partial charge on any atom is 0.240 e. The molecule has 0 heterocycles. The first-order valence-corrected chi connectivity index (χ1v) is 7.94. The largest absolute Gasteiger partial charge is 0.326 e. The lowest BCUT2D eigenvalue weighted by Crippen LogP contribution is -2.38. The molecule has 0 unspecified atom stereocenters. The van der Waals surface area contributed by atoms with Crippen molar-refractivity contribution in [2.75, 3.05) is 18.4 Å². The van der Waals surface area contributed by atoms with Crippen LogP contribution in [0.1, 0.15) is 20.8 Å². The molecule has 0 aliphatic rings. The first-order chi connectivity index (χ1) is 9.35. The third kappa shape index (κ3) is 5.28. The average Bonchev–Trinajstić information content (AvgIpc) is 2.37. The van der Waals surface area contributed by atoms with Crippen LogP contribution in [0.4, 0.5) is 5.69 Å². The van der Waals surface area contributed by atoms with E-state index in [1.807, 2.05) is 13.8 Å². The Morgan fingerprint density at radius 2 is 1.85 bits per heavy atom. The molecule has 7 heteroatoms. The number of carbonyl (C=O) groups is 1. The number of carbonyl (C=O) groups excluding carboxylic acids is 1. The number of benzene rings is 1. The van der Waals surface area contributed by atoms with Crippen molar-refractivity contribution in [1.29, 1.82) is 0 Å². The van der Waals surface area contributed by atoms with E-state index in [0.717, 1.165) is 6.54 Å². The lowest BCUT2D eigenvalue weighted by atomic mass is 10.3. The molecule has 0 saturated heterocycles. The average molecular weight is 299 g/mol. The maximum absolute atomic E-state index is 12.0. The van der Waals surface area contributed by atoms with E-state index in [1.54, 1.807) is 12.1 Å². The lowest BCUT2D eigenvalue weighted by molar-refractivity contribution is -0.114. The molecule has 0 aromatic heterocycles. The molecule has 6 nitrogen and oxygen atoms in total. The number of likely N-dealkylation sites (N-methyl/N-ethyl adjacent to an activating group) is 1. The minimum absolute atomic E-state index is 0.0634. The molecule has 0 spiro atoms. The van der Waals surface area contributed by atoms with Gasteiger partial charge in [-0.1, -0.05) is 6.92 Å². The zero-order valence-electron chi connectivity index (χ0n) is 11.9. The second-order valence-corrected chi connectivity index (χ2v) is 6.28. The summed E-state index contributed by atoms with van der Waals surface area (Å²) < 4.78 is 26.6. The quantitative estimate of drug-likeness (QED) is 0.699. The van der Waals surface area contributed by atoms with Crippen LogP contribution in [0, 0.1) is 0 Å². The van der Waals surface area contributed by atoms with Gasteiger partial charge in [0.2, 0.25) is 15.9 Å². The molecular formula is C13H21N3O3S. The summed E-state index contributed by atoms with van der Waals surface area (Å²) in [5.41, 5.74) is 0.567. The second-order valence-electron chi connectivity index (χ2n) is 4.52. The van der Waals surface area contributed by atoms with Crippen LogP contribution in [0.5, 0.6) is 0 Å². The van der Waals surface area contributed by atoms with Crippen molar-refractivity contribution in [2.45, 2.75) is 31.7 Å². The van der Waals surface area contributed by atoms with Crippen LogP contribution in [0.2, 0.25) is 0 Å². The van der Waals surface area contributed by atoms with Gasteiger partial charge in [0.05, 0.1) is 4.90 Å². The van der Waals surface area contributed by atoms with E-state index >= 15 is 0 Å². The summed E-state index contributed by atoms with van der Waals surface area (Å²) in [5.74, 6) is -0.196. The van der Waals surface area contributed by atoms with Crippen LogP contribution < -0.4 is 15.4 Å². The molecule has 1 rings (SSSR count). The Bertz CT molecular complexity index is 540. The lowest BCUT2D eigenvalue weighted by Gasteiger charge is -2.13. The van der Waals surface area contributed by atoms with E-state index in [4.69, 9.17) is 0 Å². The third-order valence-electron chi connectivity index (χ3n) is 2.62. The monoisotopic (exact) mass is 299 g/mol. The number of sulfonamides is 1. The van der Waals surface area contributed by atoms with Gasteiger partial charge in [0.15, 0.2) is 0 Å². The predicted molar refractivity (Wildman–Crippen MR) is 79.1 cm³/mol. The highest BCUT2D eigenvalue weighted by Gasteiger charge is 2.14. The van der Waals surface area contributed by atoms with E-state index < -0.39 is 10.0 Å². The van der Waals surface area contributed by atoms with Gasteiger partial charge >= 0.3 is 0 Å². The fourth-order valence-corrected chi connectivity index (χ4v) is 2.79. The molecule has 3 N–H and O–H groups in total. The van der Waals surface area contributed by atoms with Gasteiger partial charge in [0.25, 0.3) is 0 Å². The summed E-state index contributed by atoms with van der Waals surface area (Å²) in [5, 5.41) is 5.71. The molecular weight excluding hydrogens is 278 g/mol. The van der Waals surface area contributed by atoms with Gasteiger partial charge in [0.1, 0.15) is 0 Å². The van der Waals surface area contributed by atoms with E-state index in [2.05, 4.69) is 15.4 Å². The summed E-state index contributed by atoms with van der Waals surface area (Å²) in [6.07, 6.45) is 0. The first-order valence-electron chi connectivity index (χ1n) is 6.46. The molecule has 1 amide bonds. The highest BCUT2D eigenvalue weighted by atomic mass is 32.2. The number of nitrogens with one attached hydrogen (secondary N) is 3. The van der Waals surface area contributed by atoms with Crippen LogP contribution in [-0.4, -0.2) is 33.5 Å². The van der Waals surface area contributed by atoms with Crippen LogP contribution in [0.3, 0.4) is 0 Å². The molecule has 1 aromatic rings. The van der Waals surface area contributed by atoms with Crippen molar-refractivity contribution in [2.24, 2.45) is 0 Å². The van der Waals surface area contributed by atoms with Crippen molar-refractivity contribution in [1.82, 2.24) is 10.0 Å². The topological polar surface area (TPSA) is 87.3 Å². The molecule has 0 fully saturated rings. The smallest absolute Gasteiger partial charge is 0.240 e. The van der Waals surface area contributed by atoms with Gasteiger partial charge in [-0.15, -0.1) is 0 Å². The van der Waals surface area contributed by atoms with Gasteiger partial charge in [-0.3, -0.25) is 4.79 Å². The maximum atomic E-state index is 12.0. The molecule has 1 atom stereocenters. The van der Waals surface area contributed by atoms with Gasteiger partial charge in [-0.25, -0.2) is 13.1 Å². The fraction of sp³-hybridized carbons (Fsp3) is 0.462. The molecule has 0 radical (unpaired) electrons.